The number of anilines is 1. The maximum absolute atomic E-state index is 12.3. The second-order valence-corrected chi connectivity index (χ2v) is 7.93. The van der Waals surface area contributed by atoms with Gasteiger partial charge in [0, 0.05) is 11.6 Å². The number of ketones is 1. The SMILES string of the molecule is Cc1cc(NC(=O)[C@@H](C)SCC(=O)OCC(=O)c2cc(C)c(C)cc2C)no1. The molecule has 28 heavy (non-hydrogen) atoms. The summed E-state index contributed by atoms with van der Waals surface area (Å²) < 4.78 is 9.95. The van der Waals surface area contributed by atoms with Gasteiger partial charge >= 0.3 is 5.97 Å². The fourth-order valence-corrected chi connectivity index (χ4v) is 3.13. The third kappa shape index (κ3) is 5.95. The van der Waals surface area contributed by atoms with Crippen molar-refractivity contribution in [3.8, 4) is 0 Å². The normalized spacial score (nSPS) is 11.8. The van der Waals surface area contributed by atoms with E-state index in [1.54, 1.807) is 19.9 Å². The second-order valence-electron chi connectivity index (χ2n) is 6.60. The molecule has 0 radical (unpaired) electrons. The van der Waals surface area contributed by atoms with Gasteiger partial charge < -0.3 is 14.6 Å². The first-order chi connectivity index (χ1) is 13.2. The Morgan fingerprint density at radius 3 is 2.43 bits per heavy atom. The van der Waals surface area contributed by atoms with Gasteiger partial charge in [0.2, 0.25) is 11.7 Å². The lowest BCUT2D eigenvalue weighted by Gasteiger charge is -2.11. The van der Waals surface area contributed by atoms with E-state index in [0.29, 0.717) is 17.1 Å². The zero-order valence-corrected chi connectivity index (χ0v) is 17.4. The highest BCUT2D eigenvalue weighted by Crippen LogP contribution is 2.17. The average molecular weight is 404 g/mol. The molecule has 8 heteroatoms. The van der Waals surface area contributed by atoms with Crippen LogP contribution < -0.4 is 5.32 Å². The first-order valence-electron chi connectivity index (χ1n) is 8.80. The Bertz CT molecular complexity index is 891. The maximum Gasteiger partial charge on any atom is 0.316 e. The molecule has 1 heterocycles. The van der Waals surface area contributed by atoms with Gasteiger partial charge in [-0.3, -0.25) is 14.4 Å². The zero-order valence-electron chi connectivity index (χ0n) is 16.6. The Labute approximate surface area is 168 Å². The number of ether oxygens (including phenoxy) is 1. The molecule has 150 valence electrons. The van der Waals surface area contributed by atoms with Crippen molar-refractivity contribution in [2.75, 3.05) is 17.7 Å². The van der Waals surface area contributed by atoms with Crippen molar-refractivity contribution in [1.29, 1.82) is 0 Å². The highest BCUT2D eigenvalue weighted by molar-refractivity contribution is 8.01. The van der Waals surface area contributed by atoms with Crippen molar-refractivity contribution in [2.45, 2.75) is 39.9 Å². The summed E-state index contributed by atoms with van der Waals surface area (Å²) in [7, 11) is 0. The summed E-state index contributed by atoms with van der Waals surface area (Å²) in [6, 6.07) is 5.36. The van der Waals surface area contributed by atoms with Crippen LogP contribution in [-0.4, -0.2) is 40.4 Å². The van der Waals surface area contributed by atoms with Crippen molar-refractivity contribution in [3.63, 3.8) is 0 Å². The number of Topliss-reactive ketones (excluding diaryl/α,β-unsaturated/α-hetero) is 1. The number of aromatic nitrogens is 1. The molecular weight excluding hydrogens is 380 g/mol. The van der Waals surface area contributed by atoms with Gasteiger partial charge in [-0.2, -0.15) is 0 Å². The summed E-state index contributed by atoms with van der Waals surface area (Å²) in [5, 5.41) is 5.79. The van der Waals surface area contributed by atoms with E-state index in [4.69, 9.17) is 9.26 Å². The highest BCUT2D eigenvalue weighted by Gasteiger charge is 2.18. The molecule has 1 amide bonds. The zero-order chi connectivity index (χ0) is 20.8. The molecule has 1 aromatic carbocycles. The number of carbonyl (C=O) groups excluding carboxylic acids is 3. The van der Waals surface area contributed by atoms with Crippen LogP contribution in [0.4, 0.5) is 5.82 Å². The summed E-state index contributed by atoms with van der Waals surface area (Å²) >= 11 is 1.12. The van der Waals surface area contributed by atoms with Crippen molar-refractivity contribution in [1.82, 2.24) is 5.16 Å². The van der Waals surface area contributed by atoms with Crippen molar-refractivity contribution in [2.24, 2.45) is 0 Å². The summed E-state index contributed by atoms with van der Waals surface area (Å²) in [4.78, 5) is 36.3. The van der Waals surface area contributed by atoms with Gasteiger partial charge in [0.15, 0.2) is 12.4 Å². The summed E-state index contributed by atoms with van der Waals surface area (Å²) in [6.07, 6.45) is 0. The molecule has 1 N–H and O–H groups in total. The number of rotatable bonds is 8. The number of benzene rings is 1. The lowest BCUT2D eigenvalue weighted by Crippen LogP contribution is -2.24. The molecule has 0 bridgehead atoms. The molecule has 1 atom stereocenters. The number of esters is 1. The largest absolute Gasteiger partial charge is 0.457 e. The number of nitrogens with one attached hydrogen (secondary N) is 1. The first kappa shape index (κ1) is 21.7. The van der Waals surface area contributed by atoms with E-state index in [0.717, 1.165) is 28.5 Å². The molecule has 0 unspecified atom stereocenters. The molecule has 0 aliphatic carbocycles. The standard InChI is InChI=1S/C20H24N2O5S/c1-11-6-13(3)16(7-12(11)2)17(23)9-26-19(24)10-28-15(5)20(25)21-18-8-14(4)27-22-18/h6-8,15H,9-10H2,1-5H3,(H,21,22,25)/t15-/m1/s1. The molecule has 0 saturated carbocycles. The van der Waals surface area contributed by atoms with Crippen LogP contribution in [0.25, 0.3) is 0 Å². The average Bonchev–Trinajstić information content (AvgIpc) is 3.05. The number of aryl methyl sites for hydroxylation is 4. The quantitative estimate of drug-likeness (QED) is 0.532. The van der Waals surface area contributed by atoms with Gasteiger partial charge in [-0.25, -0.2) is 0 Å². The monoisotopic (exact) mass is 404 g/mol. The van der Waals surface area contributed by atoms with Crippen LogP contribution in [0.1, 0.15) is 39.7 Å². The predicted molar refractivity (Wildman–Crippen MR) is 108 cm³/mol. The summed E-state index contributed by atoms with van der Waals surface area (Å²) in [6.45, 7) is 8.84. The molecule has 0 aliphatic heterocycles. The number of nitrogens with zero attached hydrogens (tertiary/aromatic N) is 1. The minimum absolute atomic E-state index is 0.0361. The van der Waals surface area contributed by atoms with Crippen LogP contribution in [-0.2, 0) is 14.3 Å². The Kier molecular flexibility index (Phi) is 7.39. The van der Waals surface area contributed by atoms with Crippen molar-refractivity contribution >= 4 is 35.2 Å². The third-order valence-electron chi connectivity index (χ3n) is 4.21. The lowest BCUT2D eigenvalue weighted by molar-refractivity contribution is -0.139. The van der Waals surface area contributed by atoms with Gasteiger partial charge in [-0.1, -0.05) is 11.2 Å². The third-order valence-corrected chi connectivity index (χ3v) is 5.32. The Morgan fingerprint density at radius 1 is 1.11 bits per heavy atom. The van der Waals surface area contributed by atoms with Crippen LogP contribution >= 0.6 is 11.8 Å². The molecule has 0 fully saturated rings. The Morgan fingerprint density at radius 2 is 1.79 bits per heavy atom. The lowest BCUT2D eigenvalue weighted by atomic mass is 9.98. The first-order valence-corrected chi connectivity index (χ1v) is 9.84. The fraction of sp³-hybridized carbons (Fsp3) is 0.400. The summed E-state index contributed by atoms with van der Waals surface area (Å²) in [5.74, 6) is -0.211. The number of thioether (sulfide) groups is 1. The Balaban J connectivity index is 1.78. The molecular formula is C20H24N2O5S. The van der Waals surface area contributed by atoms with E-state index in [9.17, 15) is 14.4 Å². The van der Waals surface area contributed by atoms with E-state index in [2.05, 4.69) is 10.5 Å². The smallest absolute Gasteiger partial charge is 0.316 e. The highest BCUT2D eigenvalue weighted by atomic mass is 32.2. The minimum atomic E-state index is -0.545. The minimum Gasteiger partial charge on any atom is -0.457 e. The maximum atomic E-state index is 12.3. The van der Waals surface area contributed by atoms with Crippen molar-refractivity contribution in [3.05, 3.63) is 46.2 Å². The van der Waals surface area contributed by atoms with Crippen LogP contribution in [0, 0.1) is 27.7 Å². The van der Waals surface area contributed by atoms with E-state index in [1.165, 1.54) is 0 Å². The van der Waals surface area contributed by atoms with Crippen LogP contribution in [0.15, 0.2) is 22.7 Å². The number of hydrogen-bond donors (Lipinski definition) is 1. The van der Waals surface area contributed by atoms with E-state index in [-0.39, 0.29) is 24.1 Å². The van der Waals surface area contributed by atoms with Crippen LogP contribution in [0.5, 0.6) is 0 Å². The van der Waals surface area contributed by atoms with Crippen LogP contribution in [0.3, 0.4) is 0 Å². The summed E-state index contributed by atoms with van der Waals surface area (Å²) in [5.41, 5.74) is 3.53. The molecule has 2 aromatic rings. The van der Waals surface area contributed by atoms with Gasteiger partial charge in [0.05, 0.1) is 11.0 Å². The number of carbonyl (C=O) groups is 3. The van der Waals surface area contributed by atoms with Crippen LogP contribution in [0.2, 0.25) is 0 Å². The second kappa shape index (κ2) is 9.54. The van der Waals surface area contributed by atoms with Gasteiger partial charge in [-0.05, 0) is 57.4 Å². The van der Waals surface area contributed by atoms with E-state index in [1.807, 2.05) is 32.9 Å². The molecule has 1 aromatic heterocycles. The molecule has 7 nitrogen and oxygen atoms in total. The van der Waals surface area contributed by atoms with E-state index >= 15 is 0 Å². The topological polar surface area (TPSA) is 98.5 Å². The molecule has 0 spiro atoms. The molecule has 0 aliphatic rings. The van der Waals surface area contributed by atoms with Gasteiger partial charge in [0.1, 0.15) is 5.76 Å². The molecule has 0 saturated heterocycles. The van der Waals surface area contributed by atoms with Crippen molar-refractivity contribution < 1.29 is 23.6 Å². The van der Waals surface area contributed by atoms with E-state index < -0.39 is 11.2 Å². The fourth-order valence-electron chi connectivity index (χ4n) is 2.45. The van der Waals surface area contributed by atoms with Gasteiger partial charge in [0.25, 0.3) is 0 Å². The predicted octanol–water partition coefficient (Wildman–Crippen LogP) is 3.39. The Hall–Kier alpha value is -2.61. The van der Waals surface area contributed by atoms with Gasteiger partial charge in [-0.15, -0.1) is 11.8 Å². The number of amides is 1. The molecule has 2 rings (SSSR count). The number of hydrogen-bond acceptors (Lipinski definition) is 7.